The van der Waals surface area contributed by atoms with Gasteiger partial charge >= 0.3 is 0 Å². The molecular formula is C12H18N2O2. The molecule has 4 heteroatoms. The van der Waals surface area contributed by atoms with E-state index in [2.05, 4.69) is 5.32 Å². The normalized spacial score (nSPS) is 14.2. The second kappa shape index (κ2) is 5.51. The van der Waals surface area contributed by atoms with Crippen molar-refractivity contribution in [3.05, 3.63) is 29.8 Å². The van der Waals surface area contributed by atoms with E-state index >= 15 is 0 Å². The number of aliphatic hydroxyl groups is 1. The molecule has 0 saturated carbocycles. The van der Waals surface area contributed by atoms with Gasteiger partial charge in [0.1, 0.15) is 0 Å². The van der Waals surface area contributed by atoms with E-state index in [0.29, 0.717) is 5.69 Å². The predicted octanol–water partition coefficient (Wildman–Crippen LogP) is 0.869. The minimum Gasteiger partial charge on any atom is -0.399 e. The van der Waals surface area contributed by atoms with Crippen molar-refractivity contribution in [2.75, 3.05) is 12.3 Å². The topological polar surface area (TPSA) is 75.3 Å². The average Bonchev–Trinajstić information content (AvgIpc) is 2.27. The summed E-state index contributed by atoms with van der Waals surface area (Å²) >= 11 is 0. The van der Waals surface area contributed by atoms with Gasteiger partial charge in [-0.25, -0.2) is 0 Å². The molecule has 2 unspecified atom stereocenters. The fourth-order valence-electron chi connectivity index (χ4n) is 1.39. The van der Waals surface area contributed by atoms with Gasteiger partial charge in [-0.15, -0.1) is 0 Å². The highest BCUT2D eigenvalue weighted by Gasteiger charge is 2.16. The first-order valence-electron chi connectivity index (χ1n) is 5.31. The lowest BCUT2D eigenvalue weighted by molar-refractivity contribution is -0.123. The third kappa shape index (κ3) is 3.24. The van der Waals surface area contributed by atoms with Gasteiger partial charge in [0, 0.05) is 11.7 Å². The zero-order valence-electron chi connectivity index (χ0n) is 9.60. The average molecular weight is 222 g/mol. The van der Waals surface area contributed by atoms with Crippen LogP contribution in [0, 0.1) is 0 Å². The Morgan fingerprint density at radius 2 is 2.19 bits per heavy atom. The van der Waals surface area contributed by atoms with Gasteiger partial charge in [-0.2, -0.15) is 0 Å². The maximum atomic E-state index is 11.8. The summed E-state index contributed by atoms with van der Waals surface area (Å²) in [5.41, 5.74) is 7.18. The fraction of sp³-hybridized carbons (Fsp3) is 0.417. The molecular weight excluding hydrogens is 204 g/mol. The van der Waals surface area contributed by atoms with Crippen LogP contribution in [-0.4, -0.2) is 23.7 Å². The number of hydrogen-bond donors (Lipinski definition) is 3. The number of benzene rings is 1. The third-order valence-electron chi connectivity index (χ3n) is 2.47. The van der Waals surface area contributed by atoms with Crippen LogP contribution in [0.4, 0.5) is 5.69 Å². The van der Waals surface area contributed by atoms with E-state index in [-0.39, 0.29) is 24.5 Å². The zero-order valence-corrected chi connectivity index (χ0v) is 9.60. The highest BCUT2D eigenvalue weighted by atomic mass is 16.3. The molecule has 4 nitrogen and oxygen atoms in total. The van der Waals surface area contributed by atoms with E-state index in [0.717, 1.165) is 5.56 Å². The highest BCUT2D eigenvalue weighted by Crippen LogP contribution is 2.17. The summed E-state index contributed by atoms with van der Waals surface area (Å²) < 4.78 is 0. The smallest absolute Gasteiger partial charge is 0.227 e. The number of carbonyl (C=O) groups excluding carboxylic acids is 1. The molecule has 0 aromatic heterocycles. The Bertz CT molecular complexity index is 366. The van der Waals surface area contributed by atoms with Gasteiger partial charge in [-0.05, 0) is 31.5 Å². The largest absolute Gasteiger partial charge is 0.399 e. The molecule has 0 aliphatic carbocycles. The maximum absolute atomic E-state index is 11.8. The second-order valence-electron chi connectivity index (χ2n) is 3.98. The number of nitrogens with one attached hydrogen (secondary N) is 1. The van der Waals surface area contributed by atoms with Crippen molar-refractivity contribution in [1.29, 1.82) is 0 Å². The molecule has 88 valence electrons. The summed E-state index contributed by atoms with van der Waals surface area (Å²) in [6.45, 7) is 3.51. The summed E-state index contributed by atoms with van der Waals surface area (Å²) in [6, 6.07) is 7.03. The molecule has 16 heavy (non-hydrogen) atoms. The van der Waals surface area contributed by atoms with Crippen LogP contribution in [0.2, 0.25) is 0 Å². The Balaban J connectivity index is 2.70. The van der Waals surface area contributed by atoms with Crippen LogP contribution in [0.25, 0.3) is 0 Å². The van der Waals surface area contributed by atoms with Gasteiger partial charge in [-0.3, -0.25) is 4.79 Å². The molecule has 1 aromatic rings. The Hall–Kier alpha value is -1.55. The molecule has 1 aromatic carbocycles. The predicted molar refractivity (Wildman–Crippen MR) is 64.0 cm³/mol. The summed E-state index contributed by atoms with van der Waals surface area (Å²) in [4.78, 5) is 11.8. The van der Waals surface area contributed by atoms with E-state index in [1.807, 2.05) is 19.1 Å². The summed E-state index contributed by atoms with van der Waals surface area (Å²) in [5.74, 6) is -0.371. The minimum absolute atomic E-state index is 0.0601. The van der Waals surface area contributed by atoms with Crippen LogP contribution in [0.3, 0.4) is 0 Å². The number of anilines is 1. The lowest BCUT2D eigenvalue weighted by Crippen LogP contribution is -2.37. The molecule has 0 fully saturated rings. The molecule has 0 bridgehead atoms. The first-order chi connectivity index (χ1) is 7.54. The molecule has 0 spiro atoms. The van der Waals surface area contributed by atoms with Gasteiger partial charge in [0.05, 0.1) is 12.5 Å². The Labute approximate surface area is 95.5 Å². The van der Waals surface area contributed by atoms with Gasteiger partial charge < -0.3 is 16.2 Å². The molecule has 1 amide bonds. The van der Waals surface area contributed by atoms with E-state index in [9.17, 15) is 4.79 Å². The fourth-order valence-corrected chi connectivity index (χ4v) is 1.39. The van der Waals surface area contributed by atoms with Crippen molar-refractivity contribution in [1.82, 2.24) is 5.32 Å². The first kappa shape index (κ1) is 12.5. The van der Waals surface area contributed by atoms with Gasteiger partial charge in [-0.1, -0.05) is 12.1 Å². The summed E-state index contributed by atoms with van der Waals surface area (Å²) in [6.07, 6.45) is 0. The SMILES string of the molecule is CC(CO)NC(=O)C(C)c1cccc(N)c1. The standard InChI is InChI=1S/C12H18N2O2/c1-8(7-15)14-12(16)9(2)10-4-3-5-11(13)6-10/h3-6,8-9,15H,7,13H2,1-2H3,(H,14,16). The monoisotopic (exact) mass is 222 g/mol. The van der Waals surface area contributed by atoms with Crippen molar-refractivity contribution in [2.45, 2.75) is 25.8 Å². The van der Waals surface area contributed by atoms with Gasteiger partial charge in [0.2, 0.25) is 5.91 Å². The lowest BCUT2D eigenvalue weighted by Gasteiger charge is -2.16. The van der Waals surface area contributed by atoms with Crippen LogP contribution < -0.4 is 11.1 Å². The zero-order chi connectivity index (χ0) is 12.1. The molecule has 4 N–H and O–H groups in total. The Morgan fingerprint density at radius 1 is 1.50 bits per heavy atom. The summed E-state index contributed by atoms with van der Waals surface area (Å²) in [5, 5.41) is 11.6. The van der Waals surface area contributed by atoms with Crippen molar-refractivity contribution in [3.8, 4) is 0 Å². The lowest BCUT2D eigenvalue weighted by atomic mass is 9.99. The van der Waals surface area contributed by atoms with Crippen molar-refractivity contribution in [3.63, 3.8) is 0 Å². The van der Waals surface area contributed by atoms with Crippen LogP contribution in [0.1, 0.15) is 25.3 Å². The first-order valence-corrected chi connectivity index (χ1v) is 5.31. The number of hydrogen-bond acceptors (Lipinski definition) is 3. The molecule has 1 rings (SSSR count). The number of nitrogen functional groups attached to an aromatic ring is 1. The van der Waals surface area contributed by atoms with Crippen LogP contribution in [0.15, 0.2) is 24.3 Å². The molecule has 0 saturated heterocycles. The highest BCUT2D eigenvalue weighted by molar-refractivity contribution is 5.83. The second-order valence-corrected chi connectivity index (χ2v) is 3.98. The van der Waals surface area contributed by atoms with Crippen LogP contribution in [-0.2, 0) is 4.79 Å². The van der Waals surface area contributed by atoms with E-state index in [1.54, 1.807) is 19.1 Å². The molecule has 0 radical (unpaired) electrons. The number of rotatable bonds is 4. The Kier molecular flexibility index (Phi) is 4.31. The molecule has 0 aliphatic rings. The Morgan fingerprint density at radius 3 is 2.75 bits per heavy atom. The minimum atomic E-state index is -0.266. The molecule has 0 heterocycles. The summed E-state index contributed by atoms with van der Waals surface area (Å²) in [7, 11) is 0. The van der Waals surface area contributed by atoms with E-state index in [4.69, 9.17) is 10.8 Å². The molecule has 0 aliphatic heterocycles. The van der Waals surface area contributed by atoms with Gasteiger partial charge in [0.15, 0.2) is 0 Å². The quantitative estimate of drug-likeness (QED) is 0.662. The van der Waals surface area contributed by atoms with Gasteiger partial charge in [0.25, 0.3) is 0 Å². The number of nitrogens with two attached hydrogens (primary N) is 1. The van der Waals surface area contributed by atoms with Crippen LogP contribution in [0.5, 0.6) is 0 Å². The third-order valence-corrected chi connectivity index (χ3v) is 2.47. The van der Waals surface area contributed by atoms with Crippen molar-refractivity contribution in [2.24, 2.45) is 0 Å². The number of amides is 1. The molecule has 2 atom stereocenters. The maximum Gasteiger partial charge on any atom is 0.227 e. The van der Waals surface area contributed by atoms with Crippen LogP contribution >= 0.6 is 0 Å². The number of carbonyl (C=O) groups is 1. The van der Waals surface area contributed by atoms with Crippen molar-refractivity contribution >= 4 is 11.6 Å². The van der Waals surface area contributed by atoms with E-state index < -0.39 is 0 Å². The van der Waals surface area contributed by atoms with E-state index in [1.165, 1.54) is 0 Å². The van der Waals surface area contributed by atoms with Crippen molar-refractivity contribution < 1.29 is 9.90 Å². The number of aliphatic hydroxyl groups excluding tert-OH is 1.